The van der Waals surface area contributed by atoms with E-state index in [4.69, 9.17) is 0 Å². The van der Waals surface area contributed by atoms with Gasteiger partial charge < -0.3 is 0 Å². The van der Waals surface area contributed by atoms with Crippen molar-refractivity contribution in [1.29, 1.82) is 0 Å². The molecule has 1 heterocycles. The Morgan fingerprint density at radius 2 is 2.00 bits per heavy atom. The lowest BCUT2D eigenvalue weighted by Crippen LogP contribution is -2.42. The second-order valence-corrected chi connectivity index (χ2v) is 8.56. The smallest absolute Gasteiger partial charge is 0.140 e. The van der Waals surface area contributed by atoms with Gasteiger partial charge in [-0.15, -0.1) is 0 Å². The van der Waals surface area contributed by atoms with Gasteiger partial charge in [-0.2, -0.15) is 0 Å². The van der Waals surface area contributed by atoms with E-state index in [2.05, 4.69) is 24.6 Å². The molecule has 0 aliphatic rings. The first-order valence-corrected chi connectivity index (χ1v) is 7.13. The quantitative estimate of drug-likeness (QED) is 0.584. The van der Waals surface area contributed by atoms with E-state index in [0.717, 1.165) is 0 Å². The fourth-order valence-corrected chi connectivity index (χ4v) is 2.20. The zero-order valence-electron chi connectivity index (χ0n) is 7.06. The molecule has 0 aliphatic carbocycles. The van der Waals surface area contributed by atoms with E-state index < -0.39 is 8.07 Å². The molecule has 0 amide bonds. The van der Waals surface area contributed by atoms with Crippen LogP contribution in [0.15, 0.2) is 18.3 Å². The van der Waals surface area contributed by atoms with Crippen LogP contribution < -0.4 is 5.32 Å². The molecule has 0 bridgehead atoms. The van der Waals surface area contributed by atoms with Crippen molar-refractivity contribution in [2.24, 2.45) is 0 Å². The fourth-order valence-electron chi connectivity index (χ4n) is 0.938. The maximum absolute atomic E-state index is 13.1. The highest BCUT2D eigenvalue weighted by Crippen LogP contribution is 2.02. The topological polar surface area (TPSA) is 12.9 Å². The second kappa shape index (κ2) is 2.74. The van der Waals surface area contributed by atoms with Gasteiger partial charge in [-0.1, -0.05) is 19.6 Å². The van der Waals surface area contributed by atoms with Gasteiger partial charge in [0.25, 0.3) is 0 Å². The molecule has 3 heteroatoms. The summed E-state index contributed by atoms with van der Waals surface area (Å²) in [6.07, 6.45) is 1.65. The number of rotatable bonds is 1. The number of hydrogen-bond donors (Lipinski definition) is 0. The summed E-state index contributed by atoms with van der Waals surface area (Å²) in [5.41, 5.74) is 0. The van der Waals surface area contributed by atoms with Crippen LogP contribution >= 0.6 is 0 Å². The maximum atomic E-state index is 13.1. The first kappa shape index (κ1) is 8.39. The van der Waals surface area contributed by atoms with Crippen LogP contribution in [0.3, 0.4) is 0 Å². The molecular formula is C8H12FNSi. The Bertz CT molecular complexity index is 255. The van der Waals surface area contributed by atoms with Gasteiger partial charge in [0.05, 0.1) is 5.32 Å². The largest absolute Gasteiger partial charge is 0.263 e. The molecule has 0 unspecified atom stereocenters. The summed E-state index contributed by atoms with van der Waals surface area (Å²) in [6, 6.07) is 3.10. The zero-order valence-corrected chi connectivity index (χ0v) is 8.06. The molecule has 0 N–H and O–H groups in total. The minimum atomic E-state index is -1.56. The molecule has 0 spiro atoms. The molecule has 0 saturated carbocycles. The Kier molecular flexibility index (Phi) is 2.09. The zero-order chi connectivity index (χ0) is 8.48. The number of halogens is 1. The Balaban J connectivity index is 3.14. The number of nitrogens with zero attached hydrogens (tertiary/aromatic N) is 1. The Labute approximate surface area is 67.3 Å². The Morgan fingerprint density at radius 1 is 1.36 bits per heavy atom. The molecule has 0 atom stereocenters. The van der Waals surface area contributed by atoms with Crippen LogP contribution in [0.2, 0.25) is 19.6 Å². The average molecular weight is 169 g/mol. The third-order valence-corrected chi connectivity index (χ3v) is 3.26. The molecule has 60 valence electrons. The molecular weight excluding hydrogens is 157 g/mol. The van der Waals surface area contributed by atoms with Gasteiger partial charge in [0, 0.05) is 6.20 Å². The third kappa shape index (κ3) is 1.86. The van der Waals surface area contributed by atoms with E-state index in [0.29, 0.717) is 5.32 Å². The van der Waals surface area contributed by atoms with Gasteiger partial charge in [-0.25, -0.2) is 4.39 Å². The highest BCUT2D eigenvalue weighted by Gasteiger charge is 2.21. The molecule has 0 aromatic carbocycles. The van der Waals surface area contributed by atoms with Crippen LogP contribution in [-0.4, -0.2) is 13.1 Å². The SMILES string of the molecule is C[Si](C)(C)c1ncccc1F. The van der Waals surface area contributed by atoms with Crippen molar-refractivity contribution < 1.29 is 4.39 Å². The molecule has 1 aromatic heterocycles. The van der Waals surface area contributed by atoms with Crippen molar-refractivity contribution in [2.45, 2.75) is 19.6 Å². The van der Waals surface area contributed by atoms with Crippen LogP contribution in [0.1, 0.15) is 0 Å². The molecule has 0 saturated heterocycles. The summed E-state index contributed by atoms with van der Waals surface area (Å²) in [4.78, 5) is 4.04. The lowest BCUT2D eigenvalue weighted by Gasteiger charge is -2.14. The summed E-state index contributed by atoms with van der Waals surface area (Å²) >= 11 is 0. The van der Waals surface area contributed by atoms with Crippen LogP contribution in [0, 0.1) is 5.82 Å². The summed E-state index contributed by atoms with van der Waals surface area (Å²) in [6.45, 7) is 6.25. The van der Waals surface area contributed by atoms with Gasteiger partial charge in [-0.05, 0) is 12.1 Å². The van der Waals surface area contributed by atoms with Gasteiger partial charge >= 0.3 is 0 Å². The molecule has 11 heavy (non-hydrogen) atoms. The number of aromatic nitrogens is 1. The number of hydrogen-bond acceptors (Lipinski definition) is 1. The lowest BCUT2D eigenvalue weighted by atomic mass is 10.5. The van der Waals surface area contributed by atoms with Crippen molar-refractivity contribution in [3.8, 4) is 0 Å². The van der Waals surface area contributed by atoms with Crippen LogP contribution in [0.25, 0.3) is 0 Å². The number of pyridine rings is 1. The van der Waals surface area contributed by atoms with E-state index in [1.165, 1.54) is 6.07 Å². The molecule has 1 nitrogen and oxygen atoms in total. The average Bonchev–Trinajstić information content (AvgIpc) is 1.86. The van der Waals surface area contributed by atoms with Gasteiger partial charge in [-0.3, -0.25) is 4.98 Å². The first-order valence-electron chi connectivity index (χ1n) is 3.63. The standard InChI is InChI=1S/C8H12FNSi/c1-11(2,3)8-7(9)5-4-6-10-8/h4-6H,1-3H3. The molecule has 1 aromatic rings. The summed E-state index contributed by atoms with van der Waals surface area (Å²) in [5, 5.41) is 0.667. The monoisotopic (exact) mass is 169 g/mol. The minimum absolute atomic E-state index is 0.160. The van der Waals surface area contributed by atoms with E-state index in [-0.39, 0.29) is 5.82 Å². The highest BCUT2D eigenvalue weighted by molar-refractivity contribution is 6.88. The van der Waals surface area contributed by atoms with Crippen molar-refractivity contribution in [3.05, 3.63) is 24.1 Å². The van der Waals surface area contributed by atoms with Crippen LogP contribution in [0.5, 0.6) is 0 Å². The maximum Gasteiger partial charge on any atom is 0.140 e. The predicted octanol–water partition coefficient (Wildman–Crippen LogP) is 1.77. The van der Waals surface area contributed by atoms with E-state index in [1.54, 1.807) is 12.3 Å². The van der Waals surface area contributed by atoms with Gasteiger partial charge in [0.2, 0.25) is 0 Å². The van der Waals surface area contributed by atoms with Crippen molar-refractivity contribution >= 4 is 13.4 Å². The first-order chi connectivity index (χ1) is 5.02. The van der Waals surface area contributed by atoms with Gasteiger partial charge in [0.1, 0.15) is 13.9 Å². The molecule has 0 radical (unpaired) electrons. The van der Waals surface area contributed by atoms with Crippen molar-refractivity contribution in [2.75, 3.05) is 0 Å². The van der Waals surface area contributed by atoms with E-state index >= 15 is 0 Å². The summed E-state index contributed by atoms with van der Waals surface area (Å²) in [5.74, 6) is -0.160. The Morgan fingerprint density at radius 3 is 2.36 bits per heavy atom. The van der Waals surface area contributed by atoms with Crippen molar-refractivity contribution in [1.82, 2.24) is 4.98 Å². The van der Waals surface area contributed by atoms with E-state index in [9.17, 15) is 4.39 Å². The lowest BCUT2D eigenvalue weighted by molar-refractivity contribution is 0.630. The van der Waals surface area contributed by atoms with E-state index in [1.807, 2.05) is 0 Å². The van der Waals surface area contributed by atoms with Crippen LogP contribution in [-0.2, 0) is 0 Å². The van der Waals surface area contributed by atoms with Gasteiger partial charge in [0.15, 0.2) is 0 Å². The Hall–Kier alpha value is -0.703. The van der Waals surface area contributed by atoms with Crippen molar-refractivity contribution in [3.63, 3.8) is 0 Å². The normalized spacial score (nSPS) is 11.6. The third-order valence-electron chi connectivity index (χ3n) is 1.47. The molecule has 1 rings (SSSR count). The minimum Gasteiger partial charge on any atom is -0.263 e. The second-order valence-electron chi connectivity index (χ2n) is 3.58. The molecule has 0 aliphatic heterocycles. The predicted molar refractivity (Wildman–Crippen MR) is 47.2 cm³/mol. The summed E-state index contributed by atoms with van der Waals surface area (Å²) < 4.78 is 13.1. The van der Waals surface area contributed by atoms with Crippen LogP contribution in [0.4, 0.5) is 4.39 Å². The summed E-state index contributed by atoms with van der Waals surface area (Å²) in [7, 11) is -1.56. The molecule has 0 fully saturated rings. The fraction of sp³-hybridized carbons (Fsp3) is 0.375. The highest BCUT2D eigenvalue weighted by atomic mass is 28.3.